The Balaban J connectivity index is 1.45. The van der Waals surface area contributed by atoms with E-state index in [1.54, 1.807) is 0 Å². The predicted molar refractivity (Wildman–Crippen MR) is 184 cm³/mol. The molecule has 0 bridgehead atoms. The zero-order chi connectivity index (χ0) is 33.4. The number of benzene rings is 1. The molecule has 3 fully saturated rings. The van der Waals surface area contributed by atoms with Gasteiger partial charge in [0.05, 0.1) is 16.6 Å². The van der Waals surface area contributed by atoms with E-state index in [1.165, 1.54) is 0 Å². The molecule has 2 aromatic rings. The number of ether oxygens (including phenoxy) is 3. The number of H-pyrrole nitrogens is 1. The van der Waals surface area contributed by atoms with Crippen LogP contribution in [0.3, 0.4) is 0 Å². The summed E-state index contributed by atoms with van der Waals surface area (Å²) >= 11 is 9.84. The second-order valence-corrected chi connectivity index (χ2v) is 20.7. The largest absolute Gasteiger partial charge is 0.488 e. The van der Waals surface area contributed by atoms with Gasteiger partial charge in [0.15, 0.2) is 11.6 Å². The van der Waals surface area contributed by atoms with Crippen LogP contribution in [-0.4, -0.2) is 86.3 Å². The average Bonchev–Trinajstić information content (AvgIpc) is 3.71. The number of nitrogens with one attached hydrogen (secondary N) is 2. The van der Waals surface area contributed by atoms with Crippen molar-refractivity contribution >= 4 is 46.5 Å². The van der Waals surface area contributed by atoms with Crippen LogP contribution in [0.1, 0.15) is 67.2 Å². The van der Waals surface area contributed by atoms with Gasteiger partial charge in [-0.05, 0) is 58.4 Å². The van der Waals surface area contributed by atoms with Gasteiger partial charge in [-0.1, -0.05) is 59.1 Å². The molecule has 3 aliphatic heterocycles. The molecule has 8 nitrogen and oxygen atoms in total. The molecule has 0 saturated carbocycles. The molecular weight excluding hydrogens is 698 g/mol. The fraction of sp³-hybridized carbons (Fsp3) is 0.697. The lowest BCUT2D eigenvalue weighted by Crippen LogP contribution is -2.45. The average molecular weight is 744 g/mol. The van der Waals surface area contributed by atoms with Gasteiger partial charge in [-0.25, -0.2) is 8.78 Å². The maximum atomic E-state index is 15.6. The Morgan fingerprint density at radius 3 is 2.61 bits per heavy atom. The first-order chi connectivity index (χ1) is 21.8. The molecule has 1 aromatic carbocycles. The van der Waals surface area contributed by atoms with Crippen molar-refractivity contribution in [2.24, 2.45) is 0 Å². The van der Waals surface area contributed by atoms with E-state index in [0.717, 1.165) is 25.8 Å². The van der Waals surface area contributed by atoms with Crippen molar-refractivity contribution in [3.8, 4) is 23.2 Å². The molecule has 254 valence electrons. The number of aromatic amines is 1. The molecule has 0 radical (unpaired) electrons. The van der Waals surface area contributed by atoms with Gasteiger partial charge in [0.2, 0.25) is 0 Å². The van der Waals surface area contributed by atoms with E-state index in [0.29, 0.717) is 42.8 Å². The highest BCUT2D eigenvalue weighted by molar-refractivity contribution is 9.10. The summed E-state index contributed by atoms with van der Waals surface area (Å²) in [6, 6.07) is -0.418. The Kier molecular flexibility index (Phi) is 11.1. The molecule has 0 aliphatic carbocycles. The van der Waals surface area contributed by atoms with Crippen LogP contribution in [0, 0.1) is 17.3 Å². The molecule has 4 heterocycles. The third kappa shape index (κ3) is 6.88. The van der Waals surface area contributed by atoms with Gasteiger partial charge in [-0.3, -0.25) is 20.0 Å². The summed E-state index contributed by atoms with van der Waals surface area (Å²) in [4.78, 5) is 22.6. The summed E-state index contributed by atoms with van der Waals surface area (Å²) in [6.07, 6.45) is 2.02. The van der Waals surface area contributed by atoms with E-state index < -0.39 is 37.2 Å². The van der Waals surface area contributed by atoms with E-state index in [9.17, 15) is 9.18 Å². The first-order valence-electron chi connectivity index (χ1n) is 16.4. The number of hydrogen-bond donors (Lipinski definition) is 2. The van der Waals surface area contributed by atoms with Crippen molar-refractivity contribution in [1.29, 1.82) is 0 Å². The van der Waals surface area contributed by atoms with E-state index in [1.807, 2.05) is 0 Å². The van der Waals surface area contributed by atoms with Crippen LogP contribution in [0.4, 0.5) is 8.78 Å². The lowest BCUT2D eigenvalue weighted by molar-refractivity contribution is 0.107. The first kappa shape index (κ1) is 35.6. The standard InChI is InChI=1S/C33H46BrClF2N4O4Si/c1-19(2)46(20(3)4,21(5)6)13-9-24(38-23-8-12-43-16-23)17-44-30-25-29(28(37)26(34)27(30)35)39-32(40-31(25)42)45-18-33-10-7-11-41(33)15-22(36)14-33/h19-24,38H,7-8,10-12,14-18H2,1-6H3,(H,39,40,42)/t22-,23?,24+,33+/m1/s1. The summed E-state index contributed by atoms with van der Waals surface area (Å²) in [5.74, 6) is 2.74. The maximum absolute atomic E-state index is 15.6. The van der Waals surface area contributed by atoms with E-state index in [4.69, 9.17) is 25.8 Å². The van der Waals surface area contributed by atoms with Crippen LogP contribution in [0.5, 0.6) is 11.8 Å². The highest BCUT2D eigenvalue weighted by atomic mass is 79.9. The molecule has 3 aliphatic rings. The molecule has 1 unspecified atom stereocenters. The fourth-order valence-corrected chi connectivity index (χ4v) is 13.9. The van der Waals surface area contributed by atoms with Crippen molar-refractivity contribution in [2.75, 3.05) is 39.5 Å². The molecule has 1 aromatic heterocycles. The minimum Gasteiger partial charge on any atom is -0.488 e. The minimum atomic E-state index is -2.04. The van der Waals surface area contributed by atoms with E-state index in [-0.39, 0.29) is 51.4 Å². The monoisotopic (exact) mass is 742 g/mol. The minimum absolute atomic E-state index is 0.0122. The van der Waals surface area contributed by atoms with Crippen LogP contribution >= 0.6 is 27.5 Å². The number of halogens is 4. The van der Waals surface area contributed by atoms with Crippen molar-refractivity contribution in [3.05, 3.63) is 25.7 Å². The summed E-state index contributed by atoms with van der Waals surface area (Å²) in [7, 11) is -2.04. The third-order valence-corrected chi connectivity index (χ3v) is 17.9. The molecule has 0 spiro atoms. The number of nitrogens with zero attached hydrogens (tertiary/aromatic N) is 2. The number of alkyl halides is 1. The predicted octanol–water partition coefficient (Wildman–Crippen LogP) is 6.78. The Morgan fingerprint density at radius 1 is 1.24 bits per heavy atom. The number of fused-ring (bicyclic) bond motifs is 2. The van der Waals surface area contributed by atoms with Crippen LogP contribution in [0.2, 0.25) is 21.6 Å². The first-order valence-corrected chi connectivity index (χ1v) is 19.8. The van der Waals surface area contributed by atoms with Gasteiger partial charge in [-0.2, -0.15) is 4.98 Å². The normalized spacial score (nSPS) is 24.2. The van der Waals surface area contributed by atoms with Crippen molar-refractivity contribution in [3.63, 3.8) is 0 Å². The highest BCUT2D eigenvalue weighted by Gasteiger charge is 2.49. The van der Waals surface area contributed by atoms with Gasteiger partial charge in [-0.15, -0.1) is 5.54 Å². The zero-order valence-electron chi connectivity index (χ0n) is 27.6. The number of rotatable bonds is 11. The molecule has 3 saturated heterocycles. The zero-order valence-corrected chi connectivity index (χ0v) is 30.9. The molecule has 5 rings (SSSR count). The molecule has 0 amide bonds. The van der Waals surface area contributed by atoms with Crippen LogP contribution in [0.25, 0.3) is 10.9 Å². The van der Waals surface area contributed by atoms with Crippen molar-refractivity contribution < 1.29 is 23.0 Å². The molecule has 46 heavy (non-hydrogen) atoms. The summed E-state index contributed by atoms with van der Waals surface area (Å²) in [6.45, 7) is 16.2. The second-order valence-electron chi connectivity index (χ2n) is 14.0. The molecule has 4 atom stereocenters. The van der Waals surface area contributed by atoms with Crippen molar-refractivity contribution in [2.45, 2.75) is 108 Å². The van der Waals surface area contributed by atoms with E-state index >= 15 is 4.39 Å². The maximum Gasteiger partial charge on any atom is 0.297 e. The summed E-state index contributed by atoms with van der Waals surface area (Å²) in [5, 5.41) is 3.39. The Bertz CT molecular complexity index is 1520. The SMILES string of the molecule is CC(C)[Si](C#C[C@@H](COc1c(Cl)c(Br)c(F)c2nc(OC[C@@]34CCCN3C[C@H](F)C4)[nH]c(=O)c12)NC1CCOC1)(C(C)C)C(C)C. The fourth-order valence-electron chi connectivity index (χ4n) is 7.98. The number of aromatic nitrogens is 2. The van der Waals surface area contributed by atoms with Gasteiger partial charge in [0, 0.05) is 25.6 Å². The lowest BCUT2D eigenvalue weighted by Gasteiger charge is -2.38. The Hall–Kier alpha value is -1.75. The van der Waals surface area contributed by atoms with Crippen LogP contribution in [-0.2, 0) is 4.74 Å². The summed E-state index contributed by atoms with van der Waals surface area (Å²) in [5.41, 5.74) is 3.79. The quantitative estimate of drug-likeness (QED) is 0.149. The molecule has 13 heteroatoms. The lowest BCUT2D eigenvalue weighted by atomic mass is 9.95. The van der Waals surface area contributed by atoms with Crippen LogP contribution < -0.4 is 20.3 Å². The van der Waals surface area contributed by atoms with Gasteiger partial charge < -0.3 is 14.2 Å². The molecule has 2 N–H and O–H groups in total. The number of hydrogen-bond acceptors (Lipinski definition) is 7. The molecular formula is C33H46BrClF2N4O4Si. The van der Waals surface area contributed by atoms with Gasteiger partial charge in [0.25, 0.3) is 11.6 Å². The summed E-state index contributed by atoms with van der Waals surface area (Å²) < 4.78 is 47.6. The van der Waals surface area contributed by atoms with Crippen molar-refractivity contribution in [1.82, 2.24) is 20.2 Å². The third-order valence-electron chi connectivity index (χ3n) is 10.2. The Morgan fingerprint density at radius 2 is 1.96 bits per heavy atom. The van der Waals surface area contributed by atoms with Crippen LogP contribution in [0.15, 0.2) is 9.27 Å². The van der Waals surface area contributed by atoms with Gasteiger partial charge >= 0.3 is 0 Å². The Labute approximate surface area is 284 Å². The van der Waals surface area contributed by atoms with Gasteiger partial charge in [0.1, 0.15) is 49.4 Å². The highest BCUT2D eigenvalue weighted by Crippen LogP contribution is 2.43. The second kappa shape index (κ2) is 14.4. The van der Waals surface area contributed by atoms with E-state index in [2.05, 4.69) is 89.1 Å². The topological polar surface area (TPSA) is 88.7 Å². The smallest absolute Gasteiger partial charge is 0.297 e.